The molecule has 0 bridgehead atoms. The summed E-state index contributed by atoms with van der Waals surface area (Å²) in [5.74, 6) is -2.41. The lowest BCUT2D eigenvalue weighted by Gasteiger charge is -2.19. The number of methoxy groups -OCH3 is 1. The normalized spacial score (nSPS) is 13.9. The maximum Gasteiger partial charge on any atom is 0.333 e. The maximum absolute atomic E-state index is 12.5. The molecule has 7 nitrogen and oxygen atoms in total. The van der Waals surface area contributed by atoms with Gasteiger partial charge in [-0.05, 0) is 23.8 Å². The number of fused-ring (bicyclic) bond motifs is 1. The van der Waals surface area contributed by atoms with Crippen LogP contribution in [0.2, 0.25) is 0 Å². The fourth-order valence-corrected chi connectivity index (χ4v) is 3.16. The first kappa shape index (κ1) is 18.8. The zero-order valence-electron chi connectivity index (χ0n) is 14.3. The fourth-order valence-electron chi connectivity index (χ4n) is 2.80. The maximum atomic E-state index is 12.5. The van der Waals surface area contributed by atoms with Crippen molar-refractivity contribution in [2.75, 3.05) is 13.7 Å². The van der Waals surface area contributed by atoms with Crippen molar-refractivity contribution >= 4 is 39.6 Å². The summed E-state index contributed by atoms with van der Waals surface area (Å²) in [6.45, 7) is -0.496. The minimum atomic E-state index is -1.03. The van der Waals surface area contributed by atoms with Gasteiger partial charge >= 0.3 is 5.97 Å². The lowest BCUT2D eigenvalue weighted by molar-refractivity contribution is -0.145. The number of esters is 1. The van der Waals surface area contributed by atoms with Gasteiger partial charge in [0.05, 0.1) is 18.2 Å². The van der Waals surface area contributed by atoms with Crippen molar-refractivity contribution in [3.63, 3.8) is 0 Å². The molecule has 2 aromatic carbocycles. The smallest absolute Gasteiger partial charge is 0.333 e. The van der Waals surface area contributed by atoms with Gasteiger partial charge in [0.2, 0.25) is 5.91 Å². The van der Waals surface area contributed by atoms with Gasteiger partial charge in [0.1, 0.15) is 6.54 Å². The summed E-state index contributed by atoms with van der Waals surface area (Å²) < 4.78 is 5.39. The molecule has 0 saturated heterocycles. The standard InChI is InChI=1S/C19H15BrN2O5/c1-27-19(26)16(11-5-3-2-4-6-11)21-15(23)10-22-17(24)13-8-7-12(20)9-14(13)18(22)25/h2-9,16H,10H2,1H3,(H,21,23). The number of carbonyl (C=O) groups excluding carboxylic acids is 4. The molecule has 2 aromatic rings. The number of hydrogen-bond donors (Lipinski definition) is 1. The molecule has 8 heteroatoms. The number of nitrogens with one attached hydrogen (secondary N) is 1. The van der Waals surface area contributed by atoms with E-state index in [4.69, 9.17) is 4.74 Å². The first-order valence-corrected chi connectivity index (χ1v) is 8.79. The van der Waals surface area contributed by atoms with Crippen molar-refractivity contribution in [3.8, 4) is 0 Å². The van der Waals surface area contributed by atoms with Crippen LogP contribution in [0.4, 0.5) is 0 Å². The number of benzene rings is 2. The van der Waals surface area contributed by atoms with E-state index < -0.39 is 36.3 Å². The van der Waals surface area contributed by atoms with Crippen LogP contribution in [0.1, 0.15) is 32.3 Å². The molecule has 0 spiro atoms. The minimum absolute atomic E-state index is 0.231. The average Bonchev–Trinajstić information content (AvgIpc) is 2.90. The van der Waals surface area contributed by atoms with Crippen molar-refractivity contribution in [2.24, 2.45) is 0 Å². The molecule has 27 heavy (non-hydrogen) atoms. The number of ether oxygens (including phenoxy) is 1. The monoisotopic (exact) mass is 430 g/mol. The predicted molar refractivity (Wildman–Crippen MR) is 98.9 cm³/mol. The number of amides is 3. The highest BCUT2D eigenvalue weighted by atomic mass is 79.9. The van der Waals surface area contributed by atoms with Crippen molar-refractivity contribution in [2.45, 2.75) is 6.04 Å². The van der Waals surface area contributed by atoms with Gasteiger partial charge in [-0.25, -0.2) is 4.79 Å². The molecular weight excluding hydrogens is 416 g/mol. The van der Waals surface area contributed by atoms with Gasteiger partial charge in [0.25, 0.3) is 11.8 Å². The third kappa shape index (κ3) is 3.75. The van der Waals surface area contributed by atoms with Crippen LogP contribution in [0.5, 0.6) is 0 Å². The Bertz CT molecular complexity index is 929. The predicted octanol–water partition coefficient (Wildman–Crippen LogP) is 2.08. The van der Waals surface area contributed by atoms with Crippen LogP contribution in [-0.4, -0.2) is 42.2 Å². The Morgan fingerprint density at radius 1 is 1.07 bits per heavy atom. The lowest BCUT2D eigenvalue weighted by Crippen LogP contribution is -2.43. The highest BCUT2D eigenvalue weighted by Gasteiger charge is 2.37. The van der Waals surface area contributed by atoms with Gasteiger partial charge in [-0.2, -0.15) is 0 Å². The van der Waals surface area contributed by atoms with Gasteiger partial charge in [0.15, 0.2) is 6.04 Å². The molecule has 1 atom stereocenters. The Balaban J connectivity index is 1.76. The summed E-state index contributed by atoms with van der Waals surface area (Å²) in [6.07, 6.45) is 0. The Morgan fingerprint density at radius 3 is 2.41 bits per heavy atom. The molecule has 138 valence electrons. The molecule has 1 heterocycles. The molecule has 0 aromatic heterocycles. The summed E-state index contributed by atoms with van der Waals surface area (Å²) in [5, 5.41) is 2.52. The van der Waals surface area contributed by atoms with Crippen LogP contribution in [0.3, 0.4) is 0 Å². The van der Waals surface area contributed by atoms with Crippen molar-refractivity contribution in [1.82, 2.24) is 10.2 Å². The Labute approximate surface area is 163 Å². The number of nitrogens with zero attached hydrogens (tertiary/aromatic N) is 1. The van der Waals surface area contributed by atoms with Crippen LogP contribution < -0.4 is 5.32 Å². The molecule has 0 fully saturated rings. The Morgan fingerprint density at radius 2 is 1.74 bits per heavy atom. The summed E-state index contributed by atoms with van der Waals surface area (Å²) in [4.78, 5) is 50.2. The molecule has 1 N–H and O–H groups in total. The second kappa shape index (κ2) is 7.71. The second-order valence-electron chi connectivity index (χ2n) is 5.82. The first-order chi connectivity index (χ1) is 12.9. The van der Waals surface area contributed by atoms with Crippen LogP contribution in [0, 0.1) is 0 Å². The summed E-state index contributed by atoms with van der Waals surface area (Å²) in [6, 6.07) is 12.2. The number of hydrogen-bond acceptors (Lipinski definition) is 5. The molecule has 0 radical (unpaired) electrons. The van der Waals surface area contributed by atoms with E-state index in [0.29, 0.717) is 10.0 Å². The number of imide groups is 1. The topological polar surface area (TPSA) is 92.8 Å². The average molecular weight is 431 g/mol. The Hall–Kier alpha value is -3.00. The third-order valence-corrected chi connectivity index (χ3v) is 4.60. The van der Waals surface area contributed by atoms with Crippen molar-refractivity contribution in [1.29, 1.82) is 0 Å². The summed E-state index contributed by atoms with van der Waals surface area (Å²) in [5.41, 5.74) is 1.00. The number of halogens is 1. The van der Waals surface area contributed by atoms with E-state index in [2.05, 4.69) is 21.2 Å². The zero-order valence-corrected chi connectivity index (χ0v) is 15.9. The molecular formula is C19H15BrN2O5. The first-order valence-electron chi connectivity index (χ1n) is 8.00. The highest BCUT2D eigenvalue weighted by Crippen LogP contribution is 2.26. The molecule has 3 rings (SSSR count). The van der Waals surface area contributed by atoms with Crippen LogP contribution in [0.15, 0.2) is 53.0 Å². The van der Waals surface area contributed by atoms with Crippen LogP contribution in [-0.2, 0) is 14.3 Å². The van der Waals surface area contributed by atoms with Gasteiger partial charge in [0, 0.05) is 4.47 Å². The van der Waals surface area contributed by atoms with E-state index in [0.717, 1.165) is 4.90 Å². The quantitative estimate of drug-likeness (QED) is 0.578. The van der Waals surface area contributed by atoms with Gasteiger partial charge in [-0.15, -0.1) is 0 Å². The van der Waals surface area contributed by atoms with E-state index >= 15 is 0 Å². The van der Waals surface area contributed by atoms with Crippen LogP contribution >= 0.6 is 15.9 Å². The third-order valence-electron chi connectivity index (χ3n) is 4.11. The Kier molecular flexibility index (Phi) is 5.36. The van der Waals surface area contributed by atoms with Crippen molar-refractivity contribution < 1.29 is 23.9 Å². The largest absolute Gasteiger partial charge is 0.467 e. The van der Waals surface area contributed by atoms with Crippen molar-refractivity contribution in [3.05, 3.63) is 69.7 Å². The minimum Gasteiger partial charge on any atom is -0.467 e. The second-order valence-corrected chi connectivity index (χ2v) is 6.74. The van der Waals surface area contributed by atoms with E-state index in [1.54, 1.807) is 36.4 Å². The zero-order chi connectivity index (χ0) is 19.6. The molecule has 0 aliphatic carbocycles. The number of carbonyl (C=O) groups is 4. The summed E-state index contributed by atoms with van der Waals surface area (Å²) in [7, 11) is 1.21. The van der Waals surface area contributed by atoms with Crippen LogP contribution in [0.25, 0.3) is 0 Å². The SMILES string of the molecule is COC(=O)C(NC(=O)CN1C(=O)c2ccc(Br)cc2C1=O)c1ccccc1. The van der Waals surface area contributed by atoms with E-state index in [1.165, 1.54) is 19.2 Å². The number of rotatable bonds is 5. The molecule has 0 saturated carbocycles. The lowest BCUT2D eigenvalue weighted by atomic mass is 10.1. The van der Waals surface area contributed by atoms with E-state index in [9.17, 15) is 19.2 Å². The summed E-state index contributed by atoms with van der Waals surface area (Å²) >= 11 is 3.25. The van der Waals surface area contributed by atoms with E-state index in [1.807, 2.05) is 0 Å². The van der Waals surface area contributed by atoms with Gasteiger partial charge in [-0.3, -0.25) is 19.3 Å². The molecule has 1 aliphatic heterocycles. The fraction of sp³-hybridized carbons (Fsp3) is 0.158. The molecule has 1 aliphatic rings. The van der Waals surface area contributed by atoms with Gasteiger partial charge < -0.3 is 10.1 Å². The molecule has 1 unspecified atom stereocenters. The molecule has 3 amide bonds. The van der Waals surface area contributed by atoms with E-state index in [-0.39, 0.29) is 11.1 Å². The van der Waals surface area contributed by atoms with Gasteiger partial charge in [-0.1, -0.05) is 46.3 Å². The highest BCUT2D eigenvalue weighted by molar-refractivity contribution is 9.10.